The molecule has 0 saturated heterocycles. The van der Waals surface area contributed by atoms with Crippen LogP contribution >= 0.6 is 0 Å². The maximum Gasteiger partial charge on any atom is 0.241 e. The molecule has 148 valence electrons. The van der Waals surface area contributed by atoms with Crippen molar-refractivity contribution in [3.05, 3.63) is 64.5 Å². The second-order valence-corrected chi connectivity index (χ2v) is 8.73. The van der Waals surface area contributed by atoms with Crippen molar-refractivity contribution in [2.24, 2.45) is 0 Å². The molecule has 0 aliphatic rings. The summed E-state index contributed by atoms with van der Waals surface area (Å²) in [6.07, 6.45) is 3.55. The van der Waals surface area contributed by atoms with Crippen LogP contribution in [-0.2, 0) is 16.6 Å². The molecule has 1 N–H and O–H groups in total. The van der Waals surface area contributed by atoms with Crippen LogP contribution < -0.4 is 4.72 Å². The molecule has 0 bridgehead atoms. The molecule has 0 aliphatic carbocycles. The molecule has 6 nitrogen and oxygen atoms in total. The van der Waals surface area contributed by atoms with Crippen molar-refractivity contribution >= 4 is 10.0 Å². The van der Waals surface area contributed by atoms with E-state index < -0.39 is 10.0 Å². The van der Waals surface area contributed by atoms with Crippen molar-refractivity contribution in [1.29, 1.82) is 0 Å². The Morgan fingerprint density at radius 1 is 0.893 bits per heavy atom. The zero-order valence-corrected chi connectivity index (χ0v) is 17.8. The van der Waals surface area contributed by atoms with E-state index in [0.29, 0.717) is 11.4 Å². The van der Waals surface area contributed by atoms with Crippen molar-refractivity contribution in [2.45, 2.75) is 46.1 Å². The van der Waals surface area contributed by atoms with Gasteiger partial charge in [-0.1, -0.05) is 6.07 Å². The van der Waals surface area contributed by atoms with Crippen LogP contribution in [0.25, 0.3) is 11.4 Å². The van der Waals surface area contributed by atoms with Gasteiger partial charge in [-0.3, -0.25) is 9.67 Å². The van der Waals surface area contributed by atoms with Crippen molar-refractivity contribution in [1.82, 2.24) is 19.5 Å². The number of hydrogen-bond acceptors (Lipinski definition) is 4. The van der Waals surface area contributed by atoms with Crippen LogP contribution in [0, 0.1) is 34.6 Å². The number of nitrogens with zero attached hydrogens (tertiary/aromatic N) is 3. The zero-order chi connectivity index (χ0) is 20.5. The lowest BCUT2D eigenvalue weighted by atomic mass is 9.95. The van der Waals surface area contributed by atoms with Gasteiger partial charge in [-0.2, -0.15) is 5.10 Å². The first-order chi connectivity index (χ1) is 13.2. The predicted molar refractivity (Wildman–Crippen MR) is 111 cm³/mol. The Bertz CT molecular complexity index is 1070. The van der Waals surface area contributed by atoms with Gasteiger partial charge in [-0.05, 0) is 80.6 Å². The van der Waals surface area contributed by atoms with Gasteiger partial charge in [0, 0.05) is 18.9 Å². The highest BCUT2D eigenvalue weighted by Crippen LogP contribution is 2.29. The summed E-state index contributed by atoms with van der Waals surface area (Å²) in [4.78, 5) is 4.67. The first kappa shape index (κ1) is 20.2. The summed E-state index contributed by atoms with van der Waals surface area (Å²) in [5.74, 6) is 0. The SMILES string of the molecule is Cc1c(C)c(C)c(S(=O)(=O)NCCn2ccc(-c3ccccn3)n2)c(C)c1C. The summed E-state index contributed by atoms with van der Waals surface area (Å²) in [7, 11) is -3.60. The average molecular weight is 399 g/mol. The van der Waals surface area contributed by atoms with Gasteiger partial charge in [0.25, 0.3) is 0 Å². The normalized spacial score (nSPS) is 11.8. The number of rotatable bonds is 6. The van der Waals surface area contributed by atoms with Gasteiger partial charge in [0.2, 0.25) is 10.0 Å². The molecule has 3 aromatic rings. The smallest absolute Gasteiger partial charge is 0.241 e. The van der Waals surface area contributed by atoms with Gasteiger partial charge < -0.3 is 0 Å². The molecule has 0 spiro atoms. The molecular weight excluding hydrogens is 372 g/mol. The molecule has 0 unspecified atom stereocenters. The number of aromatic nitrogens is 3. The molecular formula is C21H26N4O2S. The van der Waals surface area contributed by atoms with E-state index in [1.807, 2.05) is 65.1 Å². The average Bonchev–Trinajstić information content (AvgIpc) is 3.14. The fraction of sp³-hybridized carbons (Fsp3) is 0.333. The molecule has 28 heavy (non-hydrogen) atoms. The van der Waals surface area contributed by atoms with Gasteiger partial charge in [-0.25, -0.2) is 13.1 Å². The van der Waals surface area contributed by atoms with E-state index in [4.69, 9.17) is 0 Å². The van der Waals surface area contributed by atoms with Crippen molar-refractivity contribution in [3.63, 3.8) is 0 Å². The monoisotopic (exact) mass is 398 g/mol. The van der Waals surface area contributed by atoms with Crippen molar-refractivity contribution in [3.8, 4) is 11.4 Å². The first-order valence-corrected chi connectivity index (χ1v) is 10.7. The van der Waals surface area contributed by atoms with Gasteiger partial charge in [-0.15, -0.1) is 0 Å². The highest BCUT2D eigenvalue weighted by molar-refractivity contribution is 7.89. The first-order valence-electron chi connectivity index (χ1n) is 9.24. The fourth-order valence-electron chi connectivity index (χ4n) is 3.37. The Morgan fingerprint density at radius 3 is 2.14 bits per heavy atom. The standard InChI is InChI=1S/C21H26N4O2S/c1-14-15(2)17(4)21(18(5)16(14)3)28(26,27)23-11-13-25-12-9-20(24-25)19-8-6-7-10-22-19/h6-10,12,23H,11,13H2,1-5H3. The molecule has 1 aromatic carbocycles. The van der Waals surface area contributed by atoms with Gasteiger partial charge in [0.1, 0.15) is 5.69 Å². The summed E-state index contributed by atoms with van der Waals surface area (Å²) < 4.78 is 30.4. The Labute approximate surface area is 166 Å². The molecule has 0 aliphatic heterocycles. The van der Waals surface area contributed by atoms with E-state index in [-0.39, 0.29) is 6.54 Å². The lowest BCUT2D eigenvalue weighted by molar-refractivity contribution is 0.560. The summed E-state index contributed by atoms with van der Waals surface area (Å²) >= 11 is 0. The van der Waals surface area contributed by atoms with E-state index in [9.17, 15) is 8.42 Å². The summed E-state index contributed by atoms with van der Waals surface area (Å²) in [5, 5.41) is 4.47. The van der Waals surface area contributed by atoms with Crippen LogP contribution in [0.3, 0.4) is 0 Å². The highest BCUT2D eigenvalue weighted by Gasteiger charge is 2.23. The maximum absolute atomic E-state index is 13.0. The number of hydrogen-bond donors (Lipinski definition) is 1. The fourth-order valence-corrected chi connectivity index (χ4v) is 4.99. The molecule has 2 heterocycles. The van der Waals surface area contributed by atoms with Gasteiger partial charge in [0.15, 0.2) is 0 Å². The topological polar surface area (TPSA) is 76.9 Å². The number of benzene rings is 1. The van der Waals surface area contributed by atoms with Crippen molar-refractivity contribution < 1.29 is 8.42 Å². The molecule has 0 saturated carbocycles. The molecule has 7 heteroatoms. The zero-order valence-electron chi connectivity index (χ0n) is 16.9. The van der Waals surface area contributed by atoms with Crippen LogP contribution in [-0.4, -0.2) is 29.7 Å². The summed E-state index contributed by atoms with van der Waals surface area (Å²) in [6, 6.07) is 7.53. The predicted octanol–water partition coefficient (Wildman–Crippen LogP) is 3.47. The second kappa shape index (κ2) is 7.85. The number of pyridine rings is 1. The minimum Gasteiger partial charge on any atom is -0.271 e. The molecule has 0 amide bonds. The quantitative estimate of drug-likeness (QED) is 0.690. The summed E-state index contributed by atoms with van der Waals surface area (Å²) in [5.41, 5.74) is 6.37. The van der Waals surface area contributed by atoms with Crippen LogP contribution in [0.4, 0.5) is 0 Å². The third-order valence-electron chi connectivity index (χ3n) is 5.40. The van der Waals surface area contributed by atoms with Crippen molar-refractivity contribution in [2.75, 3.05) is 6.54 Å². The van der Waals surface area contributed by atoms with E-state index in [1.54, 1.807) is 10.9 Å². The Kier molecular flexibility index (Phi) is 5.67. The van der Waals surface area contributed by atoms with E-state index in [0.717, 1.165) is 39.2 Å². The molecule has 2 aromatic heterocycles. The maximum atomic E-state index is 13.0. The highest BCUT2D eigenvalue weighted by atomic mass is 32.2. The van der Waals surface area contributed by atoms with Crippen LogP contribution in [0.15, 0.2) is 41.6 Å². The molecule has 3 rings (SSSR count). The van der Waals surface area contributed by atoms with E-state index in [1.165, 1.54) is 0 Å². The molecule has 0 fully saturated rings. The van der Waals surface area contributed by atoms with Gasteiger partial charge in [0.05, 0.1) is 17.1 Å². The van der Waals surface area contributed by atoms with E-state index in [2.05, 4.69) is 14.8 Å². The molecule has 0 radical (unpaired) electrons. The lowest BCUT2D eigenvalue weighted by Gasteiger charge is -2.19. The lowest BCUT2D eigenvalue weighted by Crippen LogP contribution is -2.29. The minimum absolute atomic E-state index is 0.260. The number of nitrogens with one attached hydrogen (secondary N) is 1. The van der Waals surface area contributed by atoms with Crippen LogP contribution in [0.5, 0.6) is 0 Å². The Morgan fingerprint density at radius 2 is 1.54 bits per heavy atom. The Balaban J connectivity index is 1.74. The molecule has 0 atom stereocenters. The Hall–Kier alpha value is -2.51. The van der Waals surface area contributed by atoms with Crippen LogP contribution in [0.1, 0.15) is 27.8 Å². The van der Waals surface area contributed by atoms with Gasteiger partial charge >= 0.3 is 0 Å². The van der Waals surface area contributed by atoms with E-state index >= 15 is 0 Å². The van der Waals surface area contributed by atoms with Crippen LogP contribution in [0.2, 0.25) is 0 Å². The third-order valence-corrected chi connectivity index (χ3v) is 7.13. The second-order valence-electron chi connectivity index (χ2n) is 7.03. The number of sulfonamides is 1. The minimum atomic E-state index is -3.60. The third kappa shape index (κ3) is 3.86. The largest absolute Gasteiger partial charge is 0.271 e. The summed E-state index contributed by atoms with van der Waals surface area (Å²) in [6.45, 7) is 10.4.